The van der Waals surface area contributed by atoms with Gasteiger partial charge in [-0.15, -0.1) is 0 Å². The molecule has 9 nitrogen and oxygen atoms in total. The molecule has 3 aromatic heterocycles. The van der Waals surface area contributed by atoms with Crippen LogP contribution in [0.2, 0.25) is 0 Å². The summed E-state index contributed by atoms with van der Waals surface area (Å²) in [5.74, 6) is -0.602. The molecule has 0 N–H and O–H groups in total. The van der Waals surface area contributed by atoms with Crippen LogP contribution in [-0.4, -0.2) is 50.1 Å². The van der Waals surface area contributed by atoms with E-state index >= 15 is 0 Å². The Balaban J connectivity index is 1.78. The topological polar surface area (TPSA) is 109 Å². The number of rotatable bonds is 3. The Hall–Kier alpha value is -2.77. The zero-order chi connectivity index (χ0) is 22.8. The number of aryl methyl sites for hydroxylation is 2. The van der Waals surface area contributed by atoms with Crippen molar-refractivity contribution in [2.45, 2.75) is 30.6 Å². The van der Waals surface area contributed by atoms with Gasteiger partial charge in [-0.25, -0.2) is 17.9 Å². The van der Waals surface area contributed by atoms with E-state index in [1.807, 2.05) is 6.92 Å². The predicted octanol–water partition coefficient (Wildman–Crippen LogP) is 1.21. The van der Waals surface area contributed by atoms with Crippen molar-refractivity contribution in [3.05, 3.63) is 41.6 Å². The molecule has 0 saturated carbocycles. The highest BCUT2D eigenvalue weighted by Crippen LogP contribution is 2.33. The van der Waals surface area contributed by atoms with Gasteiger partial charge in [-0.05, 0) is 42.9 Å². The van der Waals surface area contributed by atoms with E-state index in [2.05, 4.69) is 15.2 Å². The number of pyridine rings is 1. The highest BCUT2D eigenvalue weighted by Gasteiger charge is 2.33. The third-order valence-corrected chi connectivity index (χ3v) is 6.19. The molecule has 0 atom stereocenters. The SMILES string of the molecule is [2H]C1([2H])CC(c2cn3ncnc3cc2C)CC([2H])([2H])N1S(=O)(=O)c1cnn(C)c1C#N. The molecule has 0 aromatic carbocycles. The van der Waals surface area contributed by atoms with Crippen molar-refractivity contribution in [2.75, 3.05) is 13.0 Å². The van der Waals surface area contributed by atoms with Crippen LogP contribution in [0.4, 0.5) is 0 Å². The van der Waals surface area contributed by atoms with E-state index in [0.29, 0.717) is 11.2 Å². The van der Waals surface area contributed by atoms with Crippen LogP contribution in [0.5, 0.6) is 0 Å². The van der Waals surface area contributed by atoms with Gasteiger partial charge in [0.2, 0.25) is 10.0 Å². The molecule has 0 amide bonds. The van der Waals surface area contributed by atoms with Gasteiger partial charge in [0.25, 0.3) is 0 Å². The second kappa shape index (κ2) is 6.44. The summed E-state index contributed by atoms with van der Waals surface area (Å²) >= 11 is 0. The summed E-state index contributed by atoms with van der Waals surface area (Å²) in [6.07, 6.45) is 3.46. The van der Waals surface area contributed by atoms with Crippen LogP contribution in [0, 0.1) is 18.3 Å². The van der Waals surface area contributed by atoms with Crippen LogP contribution >= 0.6 is 0 Å². The van der Waals surface area contributed by atoms with E-state index in [9.17, 15) is 13.7 Å². The molecule has 140 valence electrons. The van der Waals surface area contributed by atoms with E-state index in [-0.39, 0.29) is 22.8 Å². The lowest BCUT2D eigenvalue weighted by molar-refractivity contribution is 0.318. The molecule has 4 rings (SSSR count). The first-order valence-corrected chi connectivity index (χ1v) is 9.60. The molecule has 0 unspecified atom stereocenters. The summed E-state index contributed by atoms with van der Waals surface area (Å²) in [5, 5.41) is 17.2. The number of nitriles is 1. The van der Waals surface area contributed by atoms with Crippen LogP contribution in [0.1, 0.15) is 41.1 Å². The number of nitrogens with zero attached hydrogens (tertiary/aromatic N) is 7. The fourth-order valence-electron chi connectivity index (χ4n) is 3.14. The van der Waals surface area contributed by atoms with Gasteiger partial charge in [0.05, 0.1) is 6.20 Å². The summed E-state index contributed by atoms with van der Waals surface area (Å²) in [6, 6.07) is 3.50. The van der Waals surface area contributed by atoms with Gasteiger partial charge in [0.15, 0.2) is 11.3 Å². The van der Waals surface area contributed by atoms with Crippen LogP contribution in [0.25, 0.3) is 5.65 Å². The van der Waals surface area contributed by atoms with Crippen LogP contribution in [-0.2, 0) is 17.1 Å². The molecule has 1 aliphatic rings. The van der Waals surface area contributed by atoms with Gasteiger partial charge in [-0.1, -0.05) is 0 Å². The van der Waals surface area contributed by atoms with E-state index in [0.717, 1.165) is 16.4 Å². The summed E-state index contributed by atoms with van der Waals surface area (Å²) in [6.45, 7) is -3.30. The molecule has 1 saturated heterocycles. The lowest BCUT2D eigenvalue weighted by Gasteiger charge is -2.31. The van der Waals surface area contributed by atoms with Crippen LogP contribution < -0.4 is 0 Å². The monoisotopic (exact) mass is 389 g/mol. The largest absolute Gasteiger partial charge is 0.257 e. The maximum absolute atomic E-state index is 13.3. The van der Waals surface area contributed by atoms with Gasteiger partial charge in [0.1, 0.15) is 17.3 Å². The fraction of sp³-hybridized carbons (Fsp3) is 0.412. The third-order valence-electron chi connectivity index (χ3n) is 4.59. The first-order valence-electron chi connectivity index (χ1n) is 10.2. The normalized spacial score (nSPS) is 22.6. The second-order valence-corrected chi connectivity index (χ2v) is 8.01. The molecule has 4 heterocycles. The van der Waals surface area contributed by atoms with E-state index in [1.54, 1.807) is 18.3 Å². The Morgan fingerprint density at radius 1 is 1.33 bits per heavy atom. The molecule has 0 aliphatic carbocycles. The lowest BCUT2D eigenvalue weighted by atomic mass is 9.89. The molecule has 0 bridgehead atoms. The minimum atomic E-state index is -4.69. The average molecular weight is 389 g/mol. The van der Waals surface area contributed by atoms with Crippen LogP contribution in [0.15, 0.2) is 29.7 Å². The van der Waals surface area contributed by atoms with E-state index < -0.39 is 33.8 Å². The molecular weight excluding hydrogens is 366 g/mol. The molecule has 0 radical (unpaired) electrons. The number of sulfonamides is 1. The minimum absolute atomic E-state index is 0.241. The van der Waals surface area contributed by atoms with Crippen molar-refractivity contribution >= 4 is 15.7 Å². The quantitative estimate of drug-likeness (QED) is 0.666. The third kappa shape index (κ3) is 2.89. The summed E-state index contributed by atoms with van der Waals surface area (Å²) in [7, 11) is -3.31. The molecule has 0 spiro atoms. The first-order chi connectivity index (χ1) is 14.4. The Morgan fingerprint density at radius 2 is 2.07 bits per heavy atom. The minimum Gasteiger partial charge on any atom is -0.257 e. The molecular formula is C17H19N7O2S. The van der Waals surface area contributed by atoms with Crippen LogP contribution in [0.3, 0.4) is 0 Å². The number of aromatic nitrogens is 5. The number of hydrogen-bond acceptors (Lipinski definition) is 6. The maximum atomic E-state index is 13.3. The van der Waals surface area contributed by atoms with Gasteiger partial charge < -0.3 is 0 Å². The van der Waals surface area contributed by atoms with Crippen molar-refractivity contribution in [1.82, 2.24) is 28.7 Å². The van der Waals surface area contributed by atoms with E-state index in [1.165, 1.54) is 17.9 Å². The zero-order valence-corrected chi connectivity index (χ0v) is 15.5. The molecule has 1 aliphatic heterocycles. The number of hydrogen-bond donors (Lipinski definition) is 0. The first kappa shape index (κ1) is 13.4. The Labute approximate surface area is 162 Å². The molecule has 10 heteroatoms. The van der Waals surface area contributed by atoms with Crippen molar-refractivity contribution in [3.8, 4) is 6.07 Å². The van der Waals surface area contributed by atoms with E-state index in [4.69, 9.17) is 5.48 Å². The highest BCUT2D eigenvalue weighted by atomic mass is 32.2. The zero-order valence-electron chi connectivity index (χ0n) is 18.7. The van der Waals surface area contributed by atoms with Crippen molar-refractivity contribution in [3.63, 3.8) is 0 Å². The molecule has 27 heavy (non-hydrogen) atoms. The average Bonchev–Trinajstić information content (AvgIpc) is 3.24. The Morgan fingerprint density at radius 3 is 2.78 bits per heavy atom. The predicted molar refractivity (Wildman–Crippen MR) is 96.4 cm³/mol. The summed E-state index contributed by atoms with van der Waals surface area (Å²) in [4.78, 5) is 3.58. The summed E-state index contributed by atoms with van der Waals surface area (Å²) < 4.78 is 63.3. The van der Waals surface area contributed by atoms with Gasteiger partial charge >= 0.3 is 0 Å². The maximum Gasteiger partial charge on any atom is 0.247 e. The van der Waals surface area contributed by atoms with Crippen molar-refractivity contribution < 1.29 is 13.9 Å². The Kier molecular flexibility index (Phi) is 3.20. The highest BCUT2D eigenvalue weighted by molar-refractivity contribution is 7.89. The fourth-order valence-corrected chi connectivity index (χ4v) is 4.42. The number of fused-ring (bicyclic) bond motifs is 1. The molecule has 1 fully saturated rings. The number of piperidine rings is 1. The van der Waals surface area contributed by atoms with Gasteiger partial charge in [0, 0.05) is 31.7 Å². The Bertz CT molecular complexity index is 1310. The molecule has 3 aromatic rings. The van der Waals surface area contributed by atoms with Crippen molar-refractivity contribution in [2.24, 2.45) is 7.05 Å². The van der Waals surface area contributed by atoms with Crippen molar-refractivity contribution in [1.29, 1.82) is 5.26 Å². The van der Waals surface area contributed by atoms with Gasteiger partial charge in [-0.3, -0.25) is 4.68 Å². The second-order valence-electron chi connectivity index (χ2n) is 6.26. The standard InChI is InChI=1S/C17H19N7O2S/c1-12-7-17-19-11-21-24(17)10-14(12)13-3-5-23(6-4-13)27(25,26)16-9-20-22(2)15(16)8-18/h7,9-11,13H,3-6H2,1-2H3/i5D2,6D2. The summed E-state index contributed by atoms with van der Waals surface area (Å²) in [5.41, 5.74) is 1.77. The van der Waals surface area contributed by atoms with Gasteiger partial charge in [-0.2, -0.15) is 19.8 Å². The smallest absolute Gasteiger partial charge is 0.247 e. The lowest BCUT2D eigenvalue weighted by Crippen LogP contribution is -2.38.